The zero-order valence-corrected chi connectivity index (χ0v) is 12.1. The predicted molar refractivity (Wildman–Crippen MR) is 74.4 cm³/mol. The summed E-state index contributed by atoms with van der Waals surface area (Å²) in [6.07, 6.45) is 0. The summed E-state index contributed by atoms with van der Waals surface area (Å²) in [5.41, 5.74) is 2.86. The summed E-state index contributed by atoms with van der Waals surface area (Å²) in [6, 6.07) is 4.15. The molecule has 0 unspecified atom stereocenters. The summed E-state index contributed by atoms with van der Waals surface area (Å²) >= 11 is 3.52. The van der Waals surface area contributed by atoms with Gasteiger partial charge < -0.3 is 15.5 Å². The number of hydrogen-bond acceptors (Lipinski definition) is 3. The van der Waals surface area contributed by atoms with Crippen molar-refractivity contribution in [1.82, 2.24) is 0 Å². The molecule has 0 fully saturated rings. The molecule has 0 saturated heterocycles. The van der Waals surface area contributed by atoms with Crippen LogP contribution in [0.15, 0.2) is 16.6 Å². The Bertz CT molecular complexity index is 366. The molecule has 0 bridgehead atoms. The lowest BCUT2D eigenvalue weighted by molar-refractivity contribution is 0.0806. The second-order valence-corrected chi connectivity index (χ2v) is 5.77. The van der Waals surface area contributed by atoms with Crippen molar-refractivity contribution in [3.63, 3.8) is 0 Å². The van der Waals surface area contributed by atoms with E-state index in [1.54, 1.807) is 0 Å². The summed E-state index contributed by atoms with van der Waals surface area (Å²) < 4.78 is 1.01. The summed E-state index contributed by atoms with van der Waals surface area (Å²) in [5, 5.41) is 21.8. The minimum atomic E-state index is -0.503. The first kappa shape index (κ1) is 14.5. The average molecular weight is 302 g/mol. The Hall–Kier alpha value is -0.580. The van der Waals surface area contributed by atoms with Crippen LogP contribution in [0.1, 0.15) is 18.1 Å². The first-order valence-corrected chi connectivity index (χ1v) is 6.43. The molecule has 0 amide bonds. The van der Waals surface area contributed by atoms with Crippen LogP contribution in [-0.4, -0.2) is 30.0 Å². The van der Waals surface area contributed by atoms with E-state index in [2.05, 4.69) is 27.3 Å². The van der Waals surface area contributed by atoms with Crippen LogP contribution < -0.4 is 5.32 Å². The highest BCUT2D eigenvalue weighted by Gasteiger charge is 2.22. The number of rotatable bonds is 5. The highest BCUT2D eigenvalue weighted by Crippen LogP contribution is 2.29. The molecule has 0 spiro atoms. The number of benzene rings is 1. The van der Waals surface area contributed by atoms with Gasteiger partial charge in [0.05, 0.1) is 18.9 Å². The van der Waals surface area contributed by atoms with E-state index < -0.39 is 5.41 Å². The van der Waals surface area contributed by atoms with E-state index in [0.29, 0.717) is 6.54 Å². The number of nitrogens with one attached hydrogen (secondary N) is 1. The van der Waals surface area contributed by atoms with Gasteiger partial charge in [-0.25, -0.2) is 0 Å². The maximum Gasteiger partial charge on any atom is 0.0523 e. The second-order valence-electron chi connectivity index (χ2n) is 4.92. The fourth-order valence-corrected chi connectivity index (χ4v) is 2.42. The molecular weight excluding hydrogens is 282 g/mol. The van der Waals surface area contributed by atoms with Gasteiger partial charge in [0, 0.05) is 16.4 Å². The summed E-state index contributed by atoms with van der Waals surface area (Å²) in [5.74, 6) is 0. The Labute approximate surface area is 111 Å². The molecule has 0 aliphatic heterocycles. The maximum atomic E-state index is 9.23. The summed E-state index contributed by atoms with van der Waals surface area (Å²) in [7, 11) is 0. The molecule has 0 heterocycles. The van der Waals surface area contributed by atoms with Gasteiger partial charge in [-0.2, -0.15) is 0 Å². The van der Waals surface area contributed by atoms with Crippen molar-refractivity contribution in [2.24, 2.45) is 5.41 Å². The van der Waals surface area contributed by atoms with E-state index in [9.17, 15) is 10.2 Å². The van der Waals surface area contributed by atoms with Crippen molar-refractivity contribution in [2.75, 3.05) is 25.1 Å². The number of halogens is 1. The van der Waals surface area contributed by atoms with Crippen LogP contribution >= 0.6 is 15.9 Å². The molecule has 17 heavy (non-hydrogen) atoms. The van der Waals surface area contributed by atoms with Gasteiger partial charge in [-0.15, -0.1) is 0 Å². The van der Waals surface area contributed by atoms with Crippen molar-refractivity contribution < 1.29 is 10.2 Å². The van der Waals surface area contributed by atoms with Crippen molar-refractivity contribution >= 4 is 21.6 Å². The van der Waals surface area contributed by atoms with Crippen molar-refractivity contribution in [2.45, 2.75) is 20.8 Å². The first-order chi connectivity index (χ1) is 7.91. The van der Waals surface area contributed by atoms with E-state index in [1.165, 1.54) is 5.56 Å². The lowest BCUT2D eigenvalue weighted by Gasteiger charge is -2.26. The minimum Gasteiger partial charge on any atom is -0.396 e. The summed E-state index contributed by atoms with van der Waals surface area (Å²) in [6.45, 7) is 6.38. The van der Waals surface area contributed by atoms with Crippen LogP contribution in [0.4, 0.5) is 5.69 Å². The van der Waals surface area contributed by atoms with Crippen molar-refractivity contribution in [1.29, 1.82) is 0 Å². The van der Waals surface area contributed by atoms with Gasteiger partial charge in [0.15, 0.2) is 0 Å². The summed E-state index contributed by atoms with van der Waals surface area (Å²) in [4.78, 5) is 0. The van der Waals surface area contributed by atoms with Crippen molar-refractivity contribution in [3.8, 4) is 0 Å². The third-order valence-electron chi connectivity index (χ3n) is 2.89. The lowest BCUT2D eigenvalue weighted by atomic mass is 9.93. The number of aliphatic hydroxyl groups excluding tert-OH is 2. The van der Waals surface area contributed by atoms with Crippen LogP contribution in [0.3, 0.4) is 0 Å². The second kappa shape index (κ2) is 5.85. The zero-order valence-electron chi connectivity index (χ0n) is 10.5. The fraction of sp³-hybridized carbons (Fsp3) is 0.538. The Kier molecular flexibility index (Phi) is 4.98. The van der Waals surface area contributed by atoms with Crippen LogP contribution in [0.25, 0.3) is 0 Å². The smallest absolute Gasteiger partial charge is 0.0523 e. The van der Waals surface area contributed by atoms with E-state index in [-0.39, 0.29) is 13.2 Å². The molecular formula is C13H20BrNO2. The number of aliphatic hydroxyl groups is 2. The molecule has 0 radical (unpaired) electrons. The number of anilines is 1. The monoisotopic (exact) mass is 301 g/mol. The first-order valence-electron chi connectivity index (χ1n) is 5.64. The Balaban J connectivity index is 2.83. The van der Waals surface area contributed by atoms with Crippen LogP contribution in [0.5, 0.6) is 0 Å². The molecule has 3 N–H and O–H groups in total. The Morgan fingerprint density at radius 1 is 1.24 bits per heavy atom. The third kappa shape index (κ3) is 3.69. The fourth-order valence-electron chi connectivity index (χ4n) is 1.60. The molecule has 3 nitrogen and oxygen atoms in total. The van der Waals surface area contributed by atoms with E-state index >= 15 is 0 Å². The standard InChI is InChI=1S/C13H20BrNO2/c1-9-4-10(2)12(11(14)5-9)15-6-13(3,7-16)8-17/h4-5,15-17H,6-8H2,1-3H3. The predicted octanol–water partition coefficient (Wildman–Crippen LogP) is 2.47. The maximum absolute atomic E-state index is 9.23. The lowest BCUT2D eigenvalue weighted by Crippen LogP contribution is -2.34. The molecule has 0 saturated carbocycles. The van der Waals surface area contributed by atoms with Gasteiger partial charge in [0.25, 0.3) is 0 Å². The Morgan fingerprint density at radius 3 is 2.29 bits per heavy atom. The zero-order chi connectivity index (χ0) is 13.1. The molecule has 0 aliphatic rings. The number of hydrogen-bond donors (Lipinski definition) is 3. The quantitative estimate of drug-likeness (QED) is 0.783. The molecule has 1 rings (SSSR count). The molecule has 0 atom stereocenters. The normalized spacial score (nSPS) is 11.6. The van der Waals surface area contributed by atoms with Crippen LogP contribution in [0, 0.1) is 19.3 Å². The van der Waals surface area contributed by atoms with Gasteiger partial charge in [-0.1, -0.05) is 13.0 Å². The third-order valence-corrected chi connectivity index (χ3v) is 3.51. The molecule has 1 aromatic rings. The van der Waals surface area contributed by atoms with E-state index in [1.807, 2.05) is 26.8 Å². The van der Waals surface area contributed by atoms with Gasteiger partial charge in [0.2, 0.25) is 0 Å². The molecule has 96 valence electrons. The van der Waals surface area contributed by atoms with Crippen molar-refractivity contribution in [3.05, 3.63) is 27.7 Å². The average Bonchev–Trinajstić information content (AvgIpc) is 2.27. The highest BCUT2D eigenvalue weighted by atomic mass is 79.9. The highest BCUT2D eigenvalue weighted by molar-refractivity contribution is 9.10. The molecule has 0 aliphatic carbocycles. The van der Waals surface area contributed by atoms with Gasteiger partial charge in [0.1, 0.15) is 0 Å². The van der Waals surface area contributed by atoms with E-state index in [0.717, 1.165) is 15.7 Å². The van der Waals surface area contributed by atoms with Crippen LogP contribution in [0.2, 0.25) is 0 Å². The Morgan fingerprint density at radius 2 is 1.82 bits per heavy atom. The molecule has 4 heteroatoms. The molecule has 0 aromatic heterocycles. The SMILES string of the molecule is Cc1cc(C)c(NCC(C)(CO)CO)c(Br)c1. The largest absolute Gasteiger partial charge is 0.396 e. The topological polar surface area (TPSA) is 52.5 Å². The van der Waals surface area contributed by atoms with Crippen LogP contribution in [-0.2, 0) is 0 Å². The number of aryl methyl sites for hydroxylation is 2. The van der Waals surface area contributed by atoms with E-state index in [4.69, 9.17) is 0 Å². The van der Waals surface area contributed by atoms with Gasteiger partial charge in [-0.3, -0.25) is 0 Å². The van der Waals surface area contributed by atoms with Gasteiger partial charge >= 0.3 is 0 Å². The van der Waals surface area contributed by atoms with Gasteiger partial charge in [-0.05, 0) is 47.0 Å². The minimum absolute atomic E-state index is 0.0426. The molecule has 1 aromatic carbocycles.